The minimum absolute atomic E-state index is 0.122. The van der Waals surface area contributed by atoms with Crippen molar-refractivity contribution in [3.63, 3.8) is 0 Å². The molecule has 3 rings (SSSR count). The Bertz CT molecular complexity index is 740. The Labute approximate surface area is 152 Å². The summed E-state index contributed by atoms with van der Waals surface area (Å²) in [6, 6.07) is 6.84. The molecule has 1 amide bonds. The Kier molecular flexibility index (Phi) is 5.71. The lowest BCUT2D eigenvalue weighted by Gasteiger charge is -2.34. The van der Waals surface area contributed by atoms with Crippen molar-refractivity contribution in [2.45, 2.75) is 26.4 Å². The zero-order chi connectivity index (χ0) is 17.8. The first-order valence-corrected chi connectivity index (χ1v) is 8.84. The van der Waals surface area contributed by atoms with Gasteiger partial charge in [0, 0.05) is 44.7 Å². The van der Waals surface area contributed by atoms with Gasteiger partial charge in [-0.3, -0.25) is 14.4 Å². The summed E-state index contributed by atoms with van der Waals surface area (Å²) in [5.41, 5.74) is 1.58. The number of carbonyl (C=O) groups is 1. The molecule has 0 atom stereocenters. The predicted octanol–water partition coefficient (Wildman–Crippen LogP) is 2.72. The van der Waals surface area contributed by atoms with Crippen LogP contribution in [0.25, 0.3) is 0 Å². The van der Waals surface area contributed by atoms with Crippen LogP contribution in [0.1, 0.15) is 17.7 Å². The number of piperazine rings is 1. The van der Waals surface area contributed by atoms with E-state index in [4.69, 9.17) is 11.6 Å². The number of benzene rings is 1. The van der Waals surface area contributed by atoms with Gasteiger partial charge in [-0.25, -0.2) is 4.39 Å². The second-order valence-electron chi connectivity index (χ2n) is 6.30. The standard InChI is InChI=1S/C18H22ClFN4O/c1-14-16(19)12-21-24(14)7-6-18(25)23-10-8-22(9-11-23)13-15-4-2-3-5-17(15)20/h2-5,12H,6-11,13H2,1H3. The van der Waals surface area contributed by atoms with Gasteiger partial charge in [-0.15, -0.1) is 0 Å². The highest BCUT2D eigenvalue weighted by Gasteiger charge is 2.21. The highest BCUT2D eigenvalue weighted by molar-refractivity contribution is 6.31. The third kappa shape index (κ3) is 4.38. The number of aryl methyl sites for hydroxylation is 1. The number of rotatable bonds is 5. The highest BCUT2D eigenvalue weighted by Crippen LogP contribution is 2.15. The Morgan fingerprint density at radius 2 is 1.96 bits per heavy atom. The zero-order valence-corrected chi connectivity index (χ0v) is 15.0. The van der Waals surface area contributed by atoms with E-state index in [1.165, 1.54) is 6.07 Å². The lowest BCUT2D eigenvalue weighted by atomic mass is 10.2. The lowest BCUT2D eigenvalue weighted by Crippen LogP contribution is -2.48. The Morgan fingerprint density at radius 3 is 2.60 bits per heavy atom. The van der Waals surface area contributed by atoms with Gasteiger partial charge in [-0.2, -0.15) is 5.10 Å². The molecule has 1 saturated heterocycles. The van der Waals surface area contributed by atoms with Gasteiger partial charge in [0.1, 0.15) is 5.82 Å². The largest absolute Gasteiger partial charge is 0.340 e. The van der Waals surface area contributed by atoms with Crippen LogP contribution in [0.3, 0.4) is 0 Å². The molecule has 2 aromatic rings. The Balaban J connectivity index is 1.46. The summed E-state index contributed by atoms with van der Waals surface area (Å²) in [6.07, 6.45) is 2.01. The Morgan fingerprint density at radius 1 is 1.24 bits per heavy atom. The van der Waals surface area contributed by atoms with Crippen LogP contribution >= 0.6 is 11.6 Å². The van der Waals surface area contributed by atoms with Gasteiger partial charge in [0.2, 0.25) is 5.91 Å². The number of carbonyl (C=O) groups excluding carboxylic acids is 1. The minimum atomic E-state index is -0.172. The number of nitrogens with zero attached hydrogens (tertiary/aromatic N) is 4. The molecule has 1 aromatic heterocycles. The van der Waals surface area contributed by atoms with Gasteiger partial charge in [0.25, 0.3) is 0 Å². The Hall–Kier alpha value is -1.92. The van der Waals surface area contributed by atoms with Gasteiger partial charge in [-0.05, 0) is 13.0 Å². The first-order chi connectivity index (χ1) is 12.0. The first kappa shape index (κ1) is 17.9. The summed E-state index contributed by atoms with van der Waals surface area (Å²) >= 11 is 5.98. The van der Waals surface area contributed by atoms with E-state index < -0.39 is 0 Å². The monoisotopic (exact) mass is 364 g/mol. The van der Waals surface area contributed by atoms with Crippen molar-refractivity contribution in [2.75, 3.05) is 26.2 Å². The molecule has 0 aliphatic carbocycles. The molecule has 1 aliphatic heterocycles. The fraction of sp³-hybridized carbons (Fsp3) is 0.444. The maximum Gasteiger partial charge on any atom is 0.224 e. The number of halogens is 2. The maximum atomic E-state index is 13.7. The molecule has 0 unspecified atom stereocenters. The predicted molar refractivity (Wildman–Crippen MR) is 94.8 cm³/mol. The molecule has 0 bridgehead atoms. The van der Waals surface area contributed by atoms with E-state index in [2.05, 4.69) is 10.00 Å². The number of amides is 1. The molecule has 7 heteroatoms. The zero-order valence-electron chi connectivity index (χ0n) is 14.3. The quantitative estimate of drug-likeness (QED) is 0.819. The van der Waals surface area contributed by atoms with Crippen molar-refractivity contribution in [2.24, 2.45) is 0 Å². The third-order valence-electron chi connectivity index (χ3n) is 4.66. The number of aromatic nitrogens is 2. The second-order valence-corrected chi connectivity index (χ2v) is 6.71. The average molecular weight is 365 g/mol. The van der Waals surface area contributed by atoms with E-state index in [1.807, 2.05) is 24.0 Å². The van der Waals surface area contributed by atoms with E-state index in [0.29, 0.717) is 43.2 Å². The van der Waals surface area contributed by atoms with Crippen LogP contribution in [-0.2, 0) is 17.9 Å². The normalized spacial score (nSPS) is 15.6. The molecule has 0 spiro atoms. The fourth-order valence-electron chi connectivity index (χ4n) is 3.03. The van der Waals surface area contributed by atoms with E-state index in [0.717, 1.165) is 18.8 Å². The molecule has 0 radical (unpaired) electrons. The molecule has 0 saturated carbocycles. The van der Waals surface area contributed by atoms with E-state index in [9.17, 15) is 9.18 Å². The van der Waals surface area contributed by atoms with Gasteiger partial charge in [-0.1, -0.05) is 29.8 Å². The number of hydrogen-bond acceptors (Lipinski definition) is 3. The lowest BCUT2D eigenvalue weighted by molar-refractivity contribution is -0.133. The molecular formula is C18H22ClFN4O. The van der Waals surface area contributed by atoms with Crippen molar-refractivity contribution in [1.29, 1.82) is 0 Å². The summed E-state index contributed by atoms with van der Waals surface area (Å²) < 4.78 is 15.5. The molecular weight excluding hydrogens is 343 g/mol. The second kappa shape index (κ2) is 7.97. The van der Waals surface area contributed by atoms with E-state index >= 15 is 0 Å². The molecule has 5 nitrogen and oxygen atoms in total. The molecule has 0 N–H and O–H groups in total. The van der Waals surface area contributed by atoms with Crippen LogP contribution in [0, 0.1) is 12.7 Å². The molecule has 1 aliphatic rings. The van der Waals surface area contributed by atoms with Crippen LogP contribution < -0.4 is 0 Å². The maximum absolute atomic E-state index is 13.7. The van der Waals surface area contributed by atoms with Crippen molar-refractivity contribution < 1.29 is 9.18 Å². The summed E-state index contributed by atoms with van der Waals surface area (Å²) in [4.78, 5) is 16.4. The molecule has 2 heterocycles. The average Bonchev–Trinajstić information content (AvgIpc) is 2.94. The van der Waals surface area contributed by atoms with Gasteiger partial charge >= 0.3 is 0 Å². The molecule has 25 heavy (non-hydrogen) atoms. The van der Waals surface area contributed by atoms with Crippen LogP contribution in [0.15, 0.2) is 30.5 Å². The van der Waals surface area contributed by atoms with Crippen molar-refractivity contribution in [3.05, 3.63) is 52.6 Å². The summed E-state index contributed by atoms with van der Waals surface area (Å²) in [5.74, 6) is -0.0502. The van der Waals surface area contributed by atoms with Gasteiger partial charge in [0.15, 0.2) is 0 Å². The fourth-order valence-corrected chi connectivity index (χ4v) is 3.17. The summed E-state index contributed by atoms with van der Waals surface area (Å²) in [6.45, 7) is 5.87. The van der Waals surface area contributed by atoms with Crippen LogP contribution in [0.4, 0.5) is 4.39 Å². The van der Waals surface area contributed by atoms with Crippen LogP contribution in [-0.4, -0.2) is 51.7 Å². The van der Waals surface area contributed by atoms with Crippen molar-refractivity contribution >= 4 is 17.5 Å². The smallest absolute Gasteiger partial charge is 0.224 e. The van der Waals surface area contributed by atoms with Crippen LogP contribution in [0.2, 0.25) is 5.02 Å². The van der Waals surface area contributed by atoms with Gasteiger partial charge < -0.3 is 4.90 Å². The molecule has 134 valence electrons. The summed E-state index contributed by atoms with van der Waals surface area (Å²) in [7, 11) is 0. The highest BCUT2D eigenvalue weighted by atomic mass is 35.5. The van der Waals surface area contributed by atoms with E-state index in [-0.39, 0.29) is 11.7 Å². The van der Waals surface area contributed by atoms with Crippen LogP contribution in [0.5, 0.6) is 0 Å². The topological polar surface area (TPSA) is 41.4 Å². The SMILES string of the molecule is Cc1c(Cl)cnn1CCC(=O)N1CCN(Cc2ccccc2F)CC1. The first-order valence-electron chi connectivity index (χ1n) is 8.46. The molecule has 1 fully saturated rings. The van der Waals surface area contributed by atoms with E-state index in [1.54, 1.807) is 16.9 Å². The van der Waals surface area contributed by atoms with Crippen molar-refractivity contribution in [1.82, 2.24) is 19.6 Å². The molecule has 1 aromatic carbocycles. The van der Waals surface area contributed by atoms with Crippen molar-refractivity contribution in [3.8, 4) is 0 Å². The summed E-state index contributed by atoms with van der Waals surface area (Å²) in [5, 5.41) is 4.79. The van der Waals surface area contributed by atoms with Gasteiger partial charge in [0.05, 0.1) is 23.5 Å². The third-order valence-corrected chi connectivity index (χ3v) is 5.03. The minimum Gasteiger partial charge on any atom is -0.340 e. The number of hydrogen-bond donors (Lipinski definition) is 0.